The van der Waals surface area contributed by atoms with Gasteiger partial charge in [0, 0.05) is 0 Å². The molecule has 0 fully saturated rings. The van der Waals surface area contributed by atoms with E-state index in [-0.39, 0.29) is 0 Å². The molecule has 2 aromatic carbocycles. The van der Waals surface area contributed by atoms with Gasteiger partial charge in [0.05, 0.1) is 13.1 Å². The SMILES string of the molecule is CCCCCCCCCCCC[N+](CCC)(c1ccccc1)c1ccccc1. The number of benzene rings is 2. The Morgan fingerprint density at radius 2 is 0.893 bits per heavy atom. The average molecular weight is 381 g/mol. The Bertz CT molecular complexity index is 565. The van der Waals surface area contributed by atoms with Crippen LogP contribution in [-0.4, -0.2) is 13.1 Å². The lowest BCUT2D eigenvalue weighted by Crippen LogP contribution is -2.45. The van der Waals surface area contributed by atoms with E-state index in [1.807, 2.05) is 0 Å². The van der Waals surface area contributed by atoms with Gasteiger partial charge in [-0.15, -0.1) is 0 Å². The summed E-state index contributed by atoms with van der Waals surface area (Å²) in [6, 6.07) is 22.3. The van der Waals surface area contributed by atoms with Crippen LogP contribution >= 0.6 is 0 Å². The molecule has 0 atom stereocenters. The molecule has 2 aromatic rings. The first kappa shape index (κ1) is 22.7. The smallest absolute Gasteiger partial charge is 0.137 e. The number of hydrogen-bond donors (Lipinski definition) is 0. The van der Waals surface area contributed by atoms with Crippen molar-refractivity contribution in [1.82, 2.24) is 4.48 Å². The number of hydrogen-bond acceptors (Lipinski definition) is 0. The fourth-order valence-corrected chi connectivity index (χ4v) is 4.45. The Labute approximate surface area is 174 Å². The van der Waals surface area contributed by atoms with Crippen LogP contribution in [0.1, 0.15) is 84.5 Å². The standard InChI is InChI=1S/C27H42N/c1-3-5-6-7-8-9-10-11-12-19-25-28(24-4-2,26-20-15-13-16-21-26)27-22-17-14-18-23-27/h13-18,20-23H,3-12,19,24-25H2,1-2H3/q+1. The van der Waals surface area contributed by atoms with Gasteiger partial charge in [-0.3, -0.25) is 4.48 Å². The number of quaternary nitrogens is 1. The maximum absolute atomic E-state index is 2.32. The monoisotopic (exact) mass is 380 g/mol. The Morgan fingerprint density at radius 3 is 1.32 bits per heavy atom. The van der Waals surface area contributed by atoms with Gasteiger partial charge in [-0.2, -0.15) is 0 Å². The summed E-state index contributed by atoms with van der Waals surface area (Å²) in [6.45, 7) is 6.99. The fourth-order valence-electron chi connectivity index (χ4n) is 4.45. The van der Waals surface area contributed by atoms with Gasteiger partial charge in [-0.1, -0.05) is 102 Å². The van der Waals surface area contributed by atoms with Crippen LogP contribution in [0.4, 0.5) is 11.4 Å². The molecule has 0 N–H and O–H groups in total. The Kier molecular flexibility index (Phi) is 11.0. The molecule has 0 saturated carbocycles. The van der Waals surface area contributed by atoms with Crippen molar-refractivity contribution in [3.05, 3.63) is 60.7 Å². The molecule has 0 radical (unpaired) electrons. The summed E-state index contributed by atoms with van der Waals surface area (Å²) >= 11 is 0. The largest absolute Gasteiger partial charge is 0.259 e. The van der Waals surface area contributed by atoms with Gasteiger partial charge in [0.25, 0.3) is 0 Å². The van der Waals surface area contributed by atoms with Crippen LogP contribution in [0.25, 0.3) is 0 Å². The third kappa shape index (κ3) is 7.09. The second-order valence-corrected chi connectivity index (χ2v) is 8.27. The highest BCUT2D eigenvalue weighted by molar-refractivity contribution is 5.58. The van der Waals surface area contributed by atoms with E-state index in [0.29, 0.717) is 0 Å². The maximum atomic E-state index is 2.32. The zero-order chi connectivity index (χ0) is 19.9. The van der Waals surface area contributed by atoms with Gasteiger partial charge in [0.2, 0.25) is 0 Å². The molecule has 0 saturated heterocycles. The Morgan fingerprint density at radius 1 is 0.464 bits per heavy atom. The first-order chi connectivity index (χ1) is 13.8. The quantitative estimate of drug-likeness (QED) is 0.214. The first-order valence-electron chi connectivity index (χ1n) is 11.8. The summed E-state index contributed by atoms with van der Waals surface area (Å²) in [5, 5.41) is 0. The minimum atomic E-state index is 0.995. The second-order valence-electron chi connectivity index (χ2n) is 8.27. The van der Waals surface area contributed by atoms with Crippen molar-refractivity contribution in [3.63, 3.8) is 0 Å². The van der Waals surface area contributed by atoms with E-state index >= 15 is 0 Å². The third-order valence-corrected chi connectivity index (χ3v) is 6.00. The van der Waals surface area contributed by atoms with Crippen molar-refractivity contribution in [3.8, 4) is 0 Å². The minimum absolute atomic E-state index is 0.995. The molecule has 28 heavy (non-hydrogen) atoms. The molecule has 2 rings (SSSR count). The van der Waals surface area contributed by atoms with Crippen molar-refractivity contribution in [1.29, 1.82) is 0 Å². The normalized spacial score (nSPS) is 11.6. The van der Waals surface area contributed by atoms with Crippen LogP contribution in [0.5, 0.6) is 0 Å². The highest BCUT2D eigenvalue weighted by atomic mass is 15.4. The predicted molar refractivity (Wildman–Crippen MR) is 126 cm³/mol. The van der Waals surface area contributed by atoms with Crippen LogP contribution in [-0.2, 0) is 0 Å². The van der Waals surface area contributed by atoms with Crippen molar-refractivity contribution < 1.29 is 0 Å². The average Bonchev–Trinajstić information content (AvgIpc) is 2.75. The molecule has 0 aliphatic rings. The molecule has 0 aliphatic carbocycles. The molecule has 0 spiro atoms. The van der Waals surface area contributed by atoms with Gasteiger partial charge >= 0.3 is 0 Å². The molecule has 0 aromatic heterocycles. The lowest BCUT2D eigenvalue weighted by molar-refractivity contribution is 0.365. The number of rotatable bonds is 15. The van der Waals surface area contributed by atoms with Gasteiger partial charge in [0.1, 0.15) is 11.4 Å². The van der Waals surface area contributed by atoms with E-state index in [2.05, 4.69) is 74.5 Å². The zero-order valence-corrected chi connectivity index (χ0v) is 18.4. The molecule has 0 heterocycles. The fraction of sp³-hybridized carbons (Fsp3) is 0.556. The molecule has 0 bridgehead atoms. The van der Waals surface area contributed by atoms with Gasteiger partial charge in [-0.05, 0) is 43.5 Å². The van der Waals surface area contributed by atoms with Crippen LogP contribution in [0, 0.1) is 0 Å². The molecule has 0 aliphatic heterocycles. The van der Waals surface area contributed by atoms with E-state index < -0.39 is 0 Å². The summed E-state index contributed by atoms with van der Waals surface area (Å²) in [5.74, 6) is 0. The van der Waals surface area contributed by atoms with E-state index in [4.69, 9.17) is 0 Å². The third-order valence-electron chi connectivity index (χ3n) is 6.00. The molecule has 154 valence electrons. The molecule has 0 unspecified atom stereocenters. The molecule has 1 nitrogen and oxygen atoms in total. The summed E-state index contributed by atoms with van der Waals surface area (Å²) < 4.78 is 0.995. The van der Waals surface area contributed by atoms with E-state index in [9.17, 15) is 0 Å². The number of unbranched alkanes of at least 4 members (excludes halogenated alkanes) is 9. The van der Waals surface area contributed by atoms with Crippen LogP contribution in [0.15, 0.2) is 60.7 Å². The first-order valence-corrected chi connectivity index (χ1v) is 11.8. The lowest BCUT2D eigenvalue weighted by atomic mass is 10.0. The van der Waals surface area contributed by atoms with Gasteiger partial charge < -0.3 is 0 Å². The van der Waals surface area contributed by atoms with Crippen molar-refractivity contribution >= 4 is 11.4 Å². The lowest BCUT2D eigenvalue weighted by Gasteiger charge is -2.38. The Hall–Kier alpha value is -1.60. The predicted octanol–water partition coefficient (Wildman–Crippen LogP) is 8.66. The van der Waals surface area contributed by atoms with E-state index in [1.54, 1.807) is 0 Å². The van der Waals surface area contributed by atoms with Crippen LogP contribution in [0.3, 0.4) is 0 Å². The van der Waals surface area contributed by atoms with Crippen molar-refractivity contribution in [2.24, 2.45) is 0 Å². The summed E-state index contributed by atoms with van der Waals surface area (Å²) in [7, 11) is 0. The topological polar surface area (TPSA) is 0 Å². The summed E-state index contributed by atoms with van der Waals surface area (Å²) in [6.07, 6.45) is 15.2. The van der Waals surface area contributed by atoms with E-state index in [1.165, 1.54) is 95.1 Å². The molecular weight excluding hydrogens is 338 g/mol. The van der Waals surface area contributed by atoms with E-state index in [0.717, 1.165) is 4.48 Å². The van der Waals surface area contributed by atoms with Gasteiger partial charge in [-0.25, -0.2) is 0 Å². The molecule has 0 amide bonds. The summed E-state index contributed by atoms with van der Waals surface area (Å²) in [4.78, 5) is 0. The number of para-hydroxylation sites is 2. The highest BCUT2D eigenvalue weighted by Crippen LogP contribution is 2.35. The highest BCUT2D eigenvalue weighted by Gasteiger charge is 2.31. The maximum Gasteiger partial charge on any atom is 0.137 e. The minimum Gasteiger partial charge on any atom is -0.259 e. The van der Waals surface area contributed by atoms with Crippen LogP contribution in [0.2, 0.25) is 0 Å². The van der Waals surface area contributed by atoms with Gasteiger partial charge in [0.15, 0.2) is 0 Å². The summed E-state index contributed by atoms with van der Waals surface area (Å²) in [5.41, 5.74) is 2.87. The van der Waals surface area contributed by atoms with Crippen LogP contribution < -0.4 is 4.48 Å². The second kappa shape index (κ2) is 13.6. The zero-order valence-electron chi connectivity index (χ0n) is 18.4. The molecule has 1 heteroatoms. The van der Waals surface area contributed by atoms with Crippen molar-refractivity contribution in [2.75, 3.05) is 13.1 Å². The van der Waals surface area contributed by atoms with Crippen molar-refractivity contribution in [2.45, 2.75) is 84.5 Å². The number of nitrogens with zero attached hydrogens (tertiary/aromatic N) is 1. The Balaban J connectivity index is 1.90. The molecular formula is C27H42N+.